The molecule has 26 heavy (non-hydrogen) atoms. The maximum absolute atomic E-state index is 12.5. The van der Waals surface area contributed by atoms with Crippen molar-refractivity contribution in [2.45, 2.75) is 43.9 Å². The average Bonchev–Trinajstić information content (AvgIpc) is 2.60. The first-order valence-corrected chi connectivity index (χ1v) is 9.91. The lowest BCUT2D eigenvalue weighted by molar-refractivity contribution is -0.384. The van der Waals surface area contributed by atoms with Crippen LogP contribution in [0.25, 0.3) is 0 Å². The van der Waals surface area contributed by atoms with Gasteiger partial charge in [-0.3, -0.25) is 14.8 Å². The number of anilines is 1. The SMILES string of the molecule is CCCCCCc1ccc(S(=O)(=O)Nc2cc([N+](=O)[O-])ccc2O)cc1. The molecule has 0 aliphatic heterocycles. The van der Waals surface area contributed by atoms with Gasteiger partial charge in [0, 0.05) is 12.1 Å². The summed E-state index contributed by atoms with van der Waals surface area (Å²) in [7, 11) is -3.96. The third-order valence-corrected chi connectivity index (χ3v) is 5.37. The number of hydrogen-bond acceptors (Lipinski definition) is 5. The van der Waals surface area contributed by atoms with Gasteiger partial charge in [0.1, 0.15) is 5.75 Å². The monoisotopic (exact) mass is 378 g/mol. The molecule has 0 bridgehead atoms. The smallest absolute Gasteiger partial charge is 0.271 e. The van der Waals surface area contributed by atoms with Gasteiger partial charge in [0.05, 0.1) is 15.5 Å². The molecule has 0 fully saturated rings. The maximum atomic E-state index is 12.5. The Labute approximate surface area is 152 Å². The fourth-order valence-corrected chi connectivity index (χ4v) is 3.58. The van der Waals surface area contributed by atoms with E-state index in [9.17, 15) is 23.6 Å². The van der Waals surface area contributed by atoms with Crippen LogP contribution < -0.4 is 4.72 Å². The minimum atomic E-state index is -3.96. The number of phenols is 1. The van der Waals surface area contributed by atoms with Gasteiger partial charge in [0.2, 0.25) is 0 Å². The molecule has 0 aliphatic rings. The highest BCUT2D eigenvalue weighted by molar-refractivity contribution is 7.92. The molecule has 140 valence electrons. The summed E-state index contributed by atoms with van der Waals surface area (Å²) in [6, 6.07) is 9.66. The number of nitrogens with one attached hydrogen (secondary N) is 1. The Bertz CT molecular complexity index is 864. The van der Waals surface area contributed by atoms with E-state index in [0.29, 0.717) is 0 Å². The second-order valence-corrected chi connectivity index (χ2v) is 7.70. The van der Waals surface area contributed by atoms with Crippen molar-refractivity contribution in [3.63, 3.8) is 0 Å². The maximum Gasteiger partial charge on any atom is 0.271 e. The van der Waals surface area contributed by atoms with Gasteiger partial charge in [-0.25, -0.2) is 8.42 Å². The second kappa shape index (κ2) is 8.66. The zero-order chi connectivity index (χ0) is 19.2. The molecule has 0 aromatic heterocycles. The molecule has 0 saturated heterocycles. The van der Waals surface area contributed by atoms with Crippen LogP contribution in [0.1, 0.15) is 38.2 Å². The number of hydrogen-bond donors (Lipinski definition) is 2. The van der Waals surface area contributed by atoms with Crippen LogP contribution in [0.15, 0.2) is 47.4 Å². The topological polar surface area (TPSA) is 110 Å². The summed E-state index contributed by atoms with van der Waals surface area (Å²) in [6.07, 6.45) is 5.43. The lowest BCUT2D eigenvalue weighted by Gasteiger charge is -2.10. The van der Waals surface area contributed by atoms with Crippen molar-refractivity contribution in [1.29, 1.82) is 0 Å². The van der Waals surface area contributed by atoms with Crippen molar-refractivity contribution < 1.29 is 18.4 Å². The summed E-state index contributed by atoms with van der Waals surface area (Å²) in [5, 5.41) is 20.6. The van der Waals surface area contributed by atoms with E-state index in [1.165, 1.54) is 18.6 Å². The van der Waals surface area contributed by atoms with Crippen molar-refractivity contribution in [3.05, 3.63) is 58.1 Å². The van der Waals surface area contributed by atoms with Gasteiger partial charge in [-0.2, -0.15) is 0 Å². The van der Waals surface area contributed by atoms with Gasteiger partial charge in [0.25, 0.3) is 15.7 Å². The molecule has 0 saturated carbocycles. The number of aromatic hydroxyl groups is 1. The highest BCUT2D eigenvalue weighted by atomic mass is 32.2. The molecule has 2 N–H and O–H groups in total. The molecule has 0 heterocycles. The van der Waals surface area contributed by atoms with Gasteiger partial charge in [0.15, 0.2) is 0 Å². The van der Waals surface area contributed by atoms with Crippen molar-refractivity contribution >= 4 is 21.4 Å². The summed E-state index contributed by atoms with van der Waals surface area (Å²) in [4.78, 5) is 10.2. The molecule has 2 aromatic rings. The zero-order valence-electron chi connectivity index (χ0n) is 14.5. The first-order chi connectivity index (χ1) is 12.3. The molecule has 8 heteroatoms. The number of nitro groups is 1. The Balaban J connectivity index is 2.13. The summed E-state index contributed by atoms with van der Waals surface area (Å²) >= 11 is 0. The lowest BCUT2D eigenvalue weighted by Crippen LogP contribution is -2.13. The third-order valence-electron chi connectivity index (χ3n) is 3.99. The van der Waals surface area contributed by atoms with E-state index in [0.717, 1.165) is 49.4 Å². The summed E-state index contributed by atoms with van der Waals surface area (Å²) < 4.78 is 27.1. The normalized spacial score (nSPS) is 11.3. The minimum absolute atomic E-state index is 0.0284. The van der Waals surface area contributed by atoms with Gasteiger partial charge < -0.3 is 5.11 Å². The van der Waals surface area contributed by atoms with Gasteiger partial charge >= 0.3 is 0 Å². The fraction of sp³-hybridized carbons (Fsp3) is 0.333. The molecule has 0 amide bonds. The Morgan fingerprint density at radius 1 is 1.08 bits per heavy atom. The first-order valence-electron chi connectivity index (χ1n) is 8.42. The first kappa shape index (κ1) is 19.7. The summed E-state index contributed by atoms with van der Waals surface area (Å²) in [5.41, 5.74) is 0.504. The van der Waals surface area contributed by atoms with E-state index in [-0.39, 0.29) is 22.0 Å². The molecule has 7 nitrogen and oxygen atoms in total. The van der Waals surface area contributed by atoms with Crippen LogP contribution in [-0.4, -0.2) is 18.4 Å². The van der Waals surface area contributed by atoms with Crippen LogP contribution in [0.3, 0.4) is 0 Å². The highest BCUT2D eigenvalue weighted by Gasteiger charge is 2.18. The van der Waals surface area contributed by atoms with E-state index in [4.69, 9.17) is 0 Å². The van der Waals surface area contributed by atoms with E-state index < -0.39 is 14.9 Å². The molecule has 0 unspecified atom stereocenters. The van der Waals surface area contributed by atoms with Crippen LogP contribution in [-0.2, 0) is 16.4 Å². The Morgan fingerprint density at radius 3 is 2.38 bits per heavy atom. The number of sulfonamides is 1. The predicted molar refractivity (Wildman–Crippen MR) is 99.9 cm³/mol. The number of nitro benzene ring substituents is 1. The van der Waals surface area contributed by atoms with E-state index in [1.807, 2.05) is 0 Å². The molecule has 2 rings (SSSR count). The van der Waals surface area contributed by atoms with Crippen molar-refractivity contribution in [1.82, 2.24) is 0 Å². The van der Waals surface area contributed by atoms with Crippen molar-refractivity contribution in [3.8, 4) is 5.75 Å². The second-order valence-electron chi connectivity index (χ2n) is 6.02. The van der Waals surface area contributed by atoms with Crippen LogP contribution in [0.5, 0.6) is 5.75 Å². The molecule has 0 radical (unpaired) electrons. The molecular weight excluding hydrogens is 356 g/mol. The molecular formula is C18H22N2O5S. The summed E-state index contributed by atoms with van der Waals surface area (Å²) in [6.45, 7) is 2.14. The van der Waals surface area contributed by atoms with Crippen LogP contribution in [0.2, 0.25) is 0 Å². The number of nitrogens with zero attached hydrogens (tertiary/aromatic N) is 1. The van der Waals surface area contributed by atoms with Crippen LogP contribution in [0, 0.1) is 10.1 Å². The number of unbranched alkanes of at least 4 members (excludes halogenated alkanes) is 3. The Hall–Kier alpha value is -2.61. The number of benzene rings is 2. The van der Waals surface area contributed by atoms with Crippen molar-refractivity contribution in [2.24, 2.45) is 0 Å². The fourth-order valence-electron chi connectivity index (χ4n) is 2.51. The predicted octanol–water partition coefficient (Wildman–Crippen LogP) is 4.22. The van der Waals surface area contributed by atoms with Crippen LogP contribution >= 0.6 is 0 Å². The number of non-ortho nitro benzene ring substituents is 1. The van der Waals surface area contributed by atoms with E-state index in [1.54, 1.807) is 12.1 Å². The number of phenolic OH excluding ortho intramolecular Hbond substituents is 1. The largest absolute Gasteiger partial charge is 0.506 e. The summed E-state index contributed by atoms with van der Waals surface area (Å²) in [5.74, 6) is -0.383. The molecule has 0 atom stereocenters. The Morgan fingerprint density at radius 2 is 1.77 bits per heavy atom. The standard InChI is InChI=1S/C18H22N2O5S/c1-2-3-4-5-6-14-7-10-16(11-8-14)26(24,25)19-17-13-15(20(22)23)9-12-18(17)21/h7-13,19,21H,2-6H2,1H3. The quantitative estimate of drug-likeness (QED) is 0.294. The van der Waals surface area contributed by atoms with E-state index >= 15 is 0 Å². The minimum Gasteiger partial charge on any atom is -0.506 e. The number of rotatable bonds is 9. The lowest BCUT2D eigenvalue weighted by atomic mass is 10.1. The van der Waals surface area contributed by atoms with Gasteiger partial charge in [-0.05, 0) is 36.6 Å². The average molecular weight is 378 g/mol. The zero-order valence-corrected chi connectivity index (χ0v) is 15.3. The molecule has 2 aromatic carbocycles. The molecule has 0 spiro atoms. The highest BCUT2D eigenvalue weighted by Crippen LogP contribution is 2.30. The van der Waals surface area contributed by atoms with Gasteiger partial charge in [-0.1, -0.05) is 38.3 Å². The van der Waals surface area contributed by atoms with Crippen molar-refractivity contribution in [2.75, 3.05) is 4.72 Å². The Kier molecular flexibility index (Phi) is 6.57. The van der Waals surface area contributed by atoms with E-state index in [2.05, 4.69) is 11.6 Å². The van der Waals surface area contributed by atoms with Gasteiger partial charge in [-0.15, -0.1) is 0 Å². The number of aryl methyl sites for hydroxylation is 1. The third kappa shape index (κ3) is 5.19. The molecule has 0 aliphatic carbocycles. The van der Waals surface area contributed by atoms with Crippen LogP contribution in [0.4, 0.5) is 11.4 Å².